The molecule has 0 heterocycles. The van der Waals surface area contributed by atoms with Gasteiger partial charge in [-0.15, -0.1) is 0 Å². The molecule has 0 aliphatic carbocycles. The third kappa shape index (κ3) is 4.34. The minimum atomic E-state index is -1.25. The molecular weight excluding hydrogens is 426 g/mol. The van der Waals surface area contributed by atoms with E-state index < -0.39 is 36.8 Å². The van der Waals surface area contributed by atoms with Gasteiger partial charge in [-0.1, -0.05) is 6.07 Å². The summed E-state index contributed by atoms with van der Waals surface area (Å²) < 4.78 is 42.2. The molecule has 0 fully saturated rings. The SMILES string of the molecule is OC[C@H](O)CON(c1ccc(I)cc1F)c1cccc(F)c1F. The van der Waals surface area contributed by atoms with E-state index in [9.17, 15) is 18.3 Å². The van der Waals surface area contributed by atoms with Crippen molar-refractivity contribution < 1.29 is 28.2 Å². The predicted octanol–water partition coefficient (Wildman–Crippen LogP) is 3.13. The fraction of sp³-hybridized carbons (Fsp3) is 0.200. The van der Waals surface area contributed by atoms with Crippen LogP contribution in [0.4, 0.5) is 24.5 Å². The molecule has 2 aromatic carbocycles. The van der Waals surface area contributed by atoms with Gasteiger partial charge in [0, 0.05) is 3.57 Å². The molecule has 0 spiro atoms. The number of rotatable bonds is 6. The fourth-order valence-electron chi connectivity index (χ4n) is 1.78. The lowest BCUT2D eigenvalue weighted by atomic mass is 10.2. The molecule has 0 amide bonds. The summed E-state index contributed by atoms with van der Waals surface area (Å²) in [4.78, 5) is 5.20. The van der Waals surface area contributed by atoms with Crippen LogP contribution in [0.3, 0.4) is 0 Å². The fourth-order valence-corrected chi connectivity index (χ4v) is 2.23. The van der Waals surface area contributed by atoms with E-state index in [0.717, 1.165) is 11.1 Å². The molecule has 1 atom stereocenters. The highest BCUT2D eigenvalue weighted by Gasteiger charge is 2.21. The minimum absolute atomic E-state index is 0.153. The zero-order valence-electron chi connectivity index (χ0n) is 11.7. The Labute approximate surface area is 144 Å². The van der Waals surface area contributed by atoms with E-state index in [1.807, 2.05) is 22.6 Å². The quantitative estimate of drug-likeness (QED) is 0.537. The Morgan fingerprint density at radius 2 is 1.83 bits per heavy atom. The molecule has 2 aromatic rings. The Morgan fingerprint density at radius 1 is 1.09 bits per heavy atom. The lowest BCUT2D eigenvalue weighted by Gasteiger charge is -2.25. The van der Waals surface area contributed by atoms with Gasteiger partial charge in [-0.2, -0.15) is 0 Å². The Morgan fingerprint density at radius 3 is 2.48 bits per heavy atom. The average Bonchev–Trinajstić information content (AvgIpc) is 2.52. The molecule has 8 heteroatoms. The summed E-state index contributed by atoms with van der Waals surface area (Å²) in [6.45, 7) is -1.02. The van der Waals surface area contributed by atoms with Crippen LogP contribution in [0, 0.1) is 21.0 Å². The van der Waals surface area contributed by atoms with Crippen molar-refractivity contribution in [2.45, 2.75) is 6.10 Å². The summed E-state index contributed by atoms with van der Waals surface area (Å²) in [7, 11) is 0. The third-order valence-electron chi connectivity index (χ3n) is 2.89. The van der Waals surface area contributed by atoms with Gasteiger partial charge in [-0.25, -0.2) is 18.2 Å². The second-order valence-corrected chi connectivity index (χ2v) is 5.84. The van der Waals surface area contributed by atoms with Gasteiger partial charge in [-0.05, 0) is 52.9 Å². The monoisotopic (exact) mass is 439 g/mol. The van der Waals surface area contributed by atoms with E-state index in [-0.39, 0.29) is 11.4 Å². The van der Waals surface area contributed by atoms with Crippen LogP contribution >= 0.6 is 22.6 Å². The molecule has 2 rings (SSSR count). The summed E-state index contributed by atoms with van der Waals surface area (Å²) in [6, 6.07) is 7.48. The van der Waals surface area contributed by atoms with Crippen molar-refractivity contribution in [2.24, 2.45) is 0 Å². The van der Waals surface area contributed by atoms with Crippen molar-refractivity contribution in [3.63, 3.8) is 0 Å². The Balaban J connectivity index is 2.44. The summed E-state index contributed by atoms with van der Waals surface area (Å²) in [6.07, 6.45) is -1.25. The van der Waals surface area contributed by atoms with Crippen molar-refractivity contribution in [2.75, 3.05) is 18.3 Å². The van der Waals surface area contributed by atoms with Crippen LogP contribution < -0.4 is 5.06 Å². The van der Waals surface area contributed by atoms with Gasteiger partial charge >= 0.3 is 0 Å². The molecule has 124 valence electrons. The number of aliphatic hydroxyl groups excluding tert-OH is 2. The molecule has 0 bridgehead atoms. The number of aliphatic hydroxyl groups is 2. The zero-order valence-corrected chi connectivity index (χ0v) is 13.9. The van der Waals surface area contributed by atoms with Gasteiger partial charge in [0.05, 0.1) is 6.61 Å². The topological polar surface area (TPSA) is 52.9 Å². The van der Waals surface area contributed by atoms with Crippen molar-refractivity contribution >= 4 is 34.0 Å². The molecule has 0 saturated heterocycles. The van der Waals surface area contributed by atoms with Crippen LogP contribution in [0.5, 0.6) is 0 Å². The molecular formula is C15H13F3INO3. The standard InChI is InChI=1S/C15H13F3INO3/c16-11-2-1-3-14(15(11)18)20(23-8-10(22)7-21)13-5-4-9(19)6-12(13)17/h1-6,10,21-22H,7-8H2/t10-/m0/s1. The van der Waals surface area contributed by atoms with Gasteiger partial charge in [-0.3, -0.25) is 4.84 Å². The average molecular weight is 439 g/mol. The number of anilines is 2. The lowest BCUT2D eigenvalue weighted by Crippen LogP contribution is -2.28. The van der Waals surface area contributed by atoms with Crippen molar-refractivity contribution in [1.29, 1.82) is 0 Å². The molecule has 0 aliphatic heterocycles. The highest BCUT2D eigenvalue weighted by atomic mass is 127. The van der Waals surface area contributed by atoms with Crippen LogP contribution in [0.15, 0.2) is 36.4 Å². The summed E-state index contributed by atoms with van der Waals surface area (Å²) in [5.74, 6) is -3.05. The van der Waals surface area contributed by atoms with Gasteiger partial charge < -0.3 is 10.2 Å². The molecule has 2 N–H and O–H groups in total. The van der Waals surface area contributed by atoms with E-state index in [0.29, 0.717) is 3.57 Å². The first-order valence-corrected chi connectivity index (χ1v) is 7.63. The molecule has 23 heavy (non-hydrogen) atoms. The van der Waals surface area contributed by atoms with E-state index in [4.69, 9.17) is 9.94 Å². The predicted molar refractivity (Wildman–Crippen MR) is 86.7 cm³/mol. The first kappa shape index (κ1) is 18.0. The zero-order chi connectivity index (χ0) is 17.0. The van der Waals surface area contributed by atoms with Crippen LogP contribution in [0.2, 0.25) is 0 Å². The Kier molecular flexibility index (Phi) is 6.22. The van der Waals surface area contributed by atoms with Crippen LogP contribution in [-0.2, 0) is 4.84 Å². The molecule has 0 aromatic heterocycles. The summed E-state index contributed by atoms with van der Waals surface area (Å²) in [5.41, 5.74) is -0.504. The van der Waals surface area contributed by atoms with Crippen molar-refractivity contribution in [3.8, 4) is 0 Å². The van der Waals surface area contributed by atoms with E-state index in [1.54, 1.807) is 6.07 Å². The maximum Gasteiger partial charge on any atom is 0.184 e. The second kappa shape index (κ2) is 7.95. The van der Waals surface area contributed by atoms with E-state index in [2.05, 4.69) is 0 Å². The second-order valence-electron chi connectivity index (χ2n) is 4.60. The smallest absolute Gasteiger partial charge is 0.184 e. The maximum atomic E-state index is 14.2. The number of hydrogen-bond acceptors (Lipinski definition) is 4. The first-order valence-electron chi connectivity index (χ1n) is 6.55. The molecule has 4 nitrogen and oxygen atoms in total. The lowest BCUT2D eigenvalue weighted by molar-refractivity contribution is 0.00523. The highest BCUT2D eigenvalue weighted by Crippen LogP contribution is 2.32. The molecule has 0 radical (unpaired) electrons. The normalized spacial score (nSPS) is 12.3. The molecule has 0 saturated carbocycles. The van der Waals surface area contributed by atoms with Gasteiger partial charge in [0.15, 0.2) is 11.6 Å². The number of halogens is 4. The highest BCUT2D eigenvalue weighted by molar-refractivity contribution is 14.1. The Hall–Kier alpha value is -1.36. The number of hydrogen-bond donors (Lipinski definition) is 2. The first-order chi connectivity index (χ1) is 10.9. The van der Waals surface area contributed by atoms with Gasteiger partial charge in [0.1, 0.15) is 29.9 Å². The number of nitrogens with zero attached hydrogens (tertiary/aromatic N) is 1. The maximum absolute atomic E-state index is 14.2. The van der Waals surface area contributed by atoms with Crippen LogP contribution in [0.1, 0.15) is 0 Å². The van der Waals surface area contributed by atoms with Crippen molar-refractivity contribution in [1.82, 2.24) is 0 Å². The molecule has 0 aliphatic rings. The summed E-state index contributed by atoms with van der Waals surface area (Å²) in [5, 5.41) is 18.9. The largest absolute Gasteiger partial charge is 0.394 e. The summed E-state index contributed by atoms with van der Waals surface area (Å²) >= 11 is 1.90. The van der Waals surface area contributed by atoms with E-state index in [1.165, 1.54) is 24.3 Å². The third-order valence-corrected chi connectivity index (χ3v) is 3.56. The van der Waals surface area contributed by atoms with Crippen LogP contribution in [-0.4, -0.2) is 29.5 Å². The molecule has 0 unspecified atom stereocenters. The van der Waals surface area contributed by atoms with Gasteiger partial charge in [0.2, 0.25) is 0 Å². The van der Waals surface area contributed by atoms with Crippen molar-refractivity contribution in [3.05, 3.63) is 57.4 Å². The Bertz CT molecular complexity index is 687. The minimum Gasteiger partial charge on any atom is -0.394 e. The van der Waals surface area contributed by atoms with Gasteiger partial charge in [0.25, 0.3) is 0 Å². The van der Waals surface area contributed by atoms with E-state index >= 15 is 0 Å². The van der Waals surface area contributed by atoms with Crippen LogP contribution in [0.25, 0.3) is 0 Å². The number of benzene rings is 2.